The summed E-state index contributed by atoms with van der Waals surface area (Å²) in [5.74, 6) is -1.50. The Labute approximate surface area is 186 Å². The zero-order chi connectivity index (χ0) is 22.5. The number of phenols is 3. The standard InChI is InChI=1S/C26H40O5/c1-25(14-15-25)12-8-4-2-6-10-19-18-21(27)23(29)22(28)20(19)11-7-3-5-9-13-26(16-17-26)24(30)31/h18,27-29H,2-17H2,1H3,(H,30,31). The quantitative estimate of drug-likeness (QED) is 0.188. The van der Waals surface area contributed by atoms with Crippen LogP contribution in [-0.2, 0) is 17.6 Å². The second-order valence-corrected chi connectivity index (χ2v) is 10.5. The molecule has 31 heavy (non-hydrogen) atoms. The third-order valence-corrected chi connectivity index (χ3v) is 7.67. The van der Waals surface area contributed by atoms with Crippen LogP contribution in [0.1, 0.15) is 108 Å². The highest BCUT2D eigenvalue weighted by Crippen LogP contribution is 2.50. The van der Waals surface area contributed by atoms with Gasteiger partial charge in [0, 0.05) is 5.56 Å². The summed E-state index contributed by atoms with van der Waals surface area (Å²) in [6.07, 6.45) is 16.3. The highest BCUT2D eigenvalue weighted by molar-refractivity contribution is 5.77. The molecule has 0 amide bonds. The summed E-state index contributed by atoms with van der Waals surface area (Å²) in [5.41, 5.74) is 1.87. The van der Waals surface area contributed by atoms with E-state index in [4.69, 9.17) is 0 Å². The molecule has 0 saturated heterocycles. The number of aryl methyl sites for hydroxylation is 1. The first kappa shape index (κ1) is 23.7. The van der Waals surface area contributed by atoms with Gasteiger partial charge in [0.25, 0.3) is 0 Å². The number of unbranched alkanes of at least 4 members (excludes halogenated alkanes) is 6. The molecule has 0 spiro atoms. The lowest BCUT2D eigenvalue weighted by molar-refractivity contribution is -0.143. The summed E-state index contributed by atoms with van der Waals surface area (Å²) >= 11 is 0. The Morgan fingerprint density at radius 3 is 1.97 bits per heavy atom. The maximum absolute atomic E-state index is 11.2. The van der Waals surface area contributed by atoms with E-state index in [1.54, 1.807) is 6.07 Å². The molecule has 2 saturated carbocycles. The smallest absolute Gasteiger partial charge is 0.309 e. The minimum absolute atomic E-state index is 0.181. The van der Waals surface area contributed by atoms with Crippen molar-refractivity contribution in [3.8, 4) is 17.2 Å². The molecule has 0 unspecified atom stereocenters. The molecule has 2 aliphatic rings. The number of rotatable bonds is 15. The molecular formula is C26H40O5. The minimum Gasteiger partial charge on any atom is -0.504 e. The van der Waals surface area contributed by atoms with Crippen molar-refractivity contribution >= 4 is 5.97 Å². The minimum atomic E-state index is -0.650. The molecule has 0 aliphatic heterocycles. The van der Waals surface area contributed by atoms with Crippen molar-refractivity contribution in [2.24, 2.45) is 10.8 Å². The van der Waals surface area contributed by atoms with Crippen molar-refractivity contribution in [1.82, 2.24) is 0 Å². The fourth-order valence-corrected chi connectivity index (χ4v) is 4.76. The van der Waals surface area contributed by atoms with Gasteiger partial charge in [-0.3, -0.25) is 4.79 Å². The van der Waals surface area contributed by atoms with Crippen LogP contribution in [0.3, 0.4) is 0 Å². The molecule has 5 nitrogen and oxygen atoms in total. The van der Waals surface area contributed by atoms with Crippen molar-refractivity contribution in [1.29, 1.82) is 0 Å². The van der Waals surface area contributed by atoms with Gasteiger partial charge in [0.05, 0.1) is 5.41 Å². The largest absolute Gasteiger partial charge is 0.504 e. The number of carboxylic acids is 1. The topological polar surface area (TPSA) is 98.0 Å². The van der Waals surface area contributed by atoms with Crippen LogP contribution >= 0.6 is 0 Å². The molecule has 174 valence electrons. The van der Waals surface area contributed by atoms with E-state index in [0.29, 0.717) is 11.8 Å². The lowest BCUT2D eigenvalue weighted by Gasteiger charge is -2.15. The number of hydrogen-bond acceptors (Lipinski definition) is 4. The molecule has 0 radical (unpaired) electrons. The maximum atomic E-state index is 11.2. The molecule has 3 rings (SSSR count). The summed E-state index contributed by atoms with van der Waals surface area (Å²) in [6, 6.07) is 1.61. The molecule has 4 N–H and O–H groups in total. The Bertz CT molecular complexity index is 762. The van der Waals surface area contributed by atoms with Crippen LogP contribution < -0.4 is 0 Å². The summed E-state index contributed by atoms with van der Waals surface area (Å²) in [4.78, 5) is 11.2. The monoisotopic (exact) mass is 432 g/mol. The number of hydrogen-bond donors (Lipinski definition) is 4. The first-order chi connectivity index (χ1) is 14.8. The number of carboxylic acid groups (broad SMARTS) is 1. The number of benzene rings is 1. The van der Waals surface area contributed by atoms with Crippen molar-refractivity contribution in [2.45, 2.75) is 110 Å². The van der Waals surface area contributed by atoms with Gasteiger partial charge in [-0.25, -0.2) is 0 Å². The molecule has 1 aromatic rings. The van der Waals surface area contributed by atoms with E-state index in [9.17, 15) is 25.2 Å². The predicted molar refractivity (Wildman–Crippen MR) is 122 cm³/mol. The Morgan fingerprint density at radius 2 is 1.39 bits per heavy atom. The van der Waals surface area contributed by atoms with Gasteiger partial charge in [-0.05, 0) is 81.3 Å². The second-order valence-electron chi connectivity index (χ2n) is 10.5. The van der Waals surface area contributed by atoms with Gasteiger partial charge in [-0.2, -0.15) is 0 Å². The number of phenolic OH excluding ortho intramolecular Hbond substituents is 3. The van der Waals surface area contributed by atoms with E-state index in [-0.39, 0.29) is 11.5 Å². The number of aliphatic carboxylic acids is 1. The van der Waals surface area contributed by atoms with Gasteiger partial charge in [0.1, 0.15) is 0 Å². The molecule has 5 heteroatoms. The molecule has 0 bridgehead atoms. The lowest BCUT2D eigenvalue weighted by Crippen LogP contribution is -2.14. The van der Waals surface area contributed by atoms with E-state index < -0.39 is 17.1 Å². The molecule has 0 atom stereocenters. The third-order valence-electron chi connectivity index (χ3n) is 7.67. The zero-order valence-electron chi connectivity index (χ0n) is 19.1. The Morgan fingerprint density at radius 1 is 0.806 bits per heavy atom. The third kappa shape index (κ3) is 6.54. The first-order valence-corrected chi connectivity index (χ1v) is 12.3. The number of aromatic hydroxyl groups is 3. The van der Waals surface area contributed by atoms with Crippen LogP contribution in [-0.4, -0.2) is 26.4 Å². The van der Waals surface area contributed by atoms with Gasteiger partial charge in [-0.15, -0.1) is 0 Å². The Hall–Kier alpha value is -1.91. The van der Waals surface area contributed by atoms with Crippen molar-refractivity contribution in [2.75, 3.05) is 0 Å². The zero-order valence-corrected chi connectivity index (χ0v) is 19.1. The van der Waals surface area contributed by atoms with Gasteiger partial charge in [0.2, 0.25) is 5.75 Å². The number of carbonyl (C=O) groups is 1. The first-order valence-electron chi connectivity index (χ1n) is 12.3. The van der Waals surface area contributed by atoms with E-state index in [1.807, 2.05) is 0 Å². The average molecular weight is 433 g/mol. The Balaban J connectivity index is 1.41. The van der Waals surface area contributed by atoms with Gasteiger partial charge >= 0.3 is 5.97 Å². The van der Waals surface area contributed by atoms with E-state index in [0.717, 1.165) is 75.3 Å². The maximum Gasteiger partial charge on any atom is 0.309 e. The predicted octanol–water partition coefficient (Wildman–Crippen LogP) is 6.45. The van der Waals surface area contributed by atoms with E-state index >= 15 is 0 Å². The summed E-state index contributed by atoms with van der Waals surface area (Å²) in [6.45, 7) is 2.37. The highest BCUT2D eigenvalue weighted by atomic mass is 16.4. The Kier molecular flexibility index (Phi) is 7.77. The van der Waals surface area contributed by atoms with Gasteiger partial charge < -0.3 is 20.4 Å². The van der Waals surface area contributed by atoms with Crippen molar-refractivity contribution in [3.05, 3.63) is 17.2 Å². The molecule has 1 aromatic carbocycles. The normalized spacial score (nSPS) is 18.1. The van der Waals surface area contributed by atoms with Crippen molar-refractivity contribution in [3.63, 3.8) is 0 Å². The molecule has 2 fully saturated rings. The van der Waals surface area contributed by atoms with Crippen LogP contribution in [0, 0.1) is 10.8 Å². The fourth-order valence-electron chi connectivity index (χ4n) is 4.76. The second kappa shape index (κ2) is 10.1. The SMILES string of the molecule is CC1(CCCCCCc2cc(O)c(O)c(O)c2CCCCCCC2(C(=O)O)CC2)CC1. The molecular weight excluding hydrogens is 392 g/mol. The van der Waals surface area contributed by atoms with Crippen LogP contribution in [0.15, 0.2) is 6.07 Å². The molecule has 0 aromatic heterocycles. The van der Waals surface area contributed by atoms with Crippen LogP contribution in [0.25, 0.3) is 0 Å². The molecule has 2 aliphatic carbocycles. The van der Waals surface area contributed by atoms with Crippen LogP contribution in [0.2, 0.25) is 0 Å². The van der Waals surface area contributed by atoms with E-state index in [1.165, 1.54) is 32.1 Å². The van der Waals surface area contributed by atoms with E-state index in [2.05, 4.69) is 6.92 Å². The van der Waals surface area contributed by atoms with Gasteiger partial charge in [-0.1, -0.05) is 45.4 Å². The highest BCUT2D eigenvalue weighted by Gasteiger charge is 2.49. The average Bonchev–Trinajstić information content (AvgIpc) is 3.65. The summed E-state index contributed by atoms with van der Waals surface area (Å²) in [7, 11) is 0. The fraction of sp³-hybridized carbons (Fsp3) is 0.731. The van der Waals surface area contributed by atoms with Crippen LogP contribution in [0.4, 0.5) is 0 Å². The lowest BCUT2D eigenvalue weighted by atomic mass is 9.93. The van der Waals surface area contributed by atoms with Crippen LogP contribution in [0.5, 0.6) is 17.2 Å². The van der Waals surface area contributed by atoms with Crippen molar-refractivity contribution < 1.29 is 25.2 Å². The summed E-state index contributed by atoms with van der Waals surface area (Å²) < 4.78 is 0. The van der Waals surface area contributed by atoms with Gasteiger partial charge in [0.15, 0.2) is 11.5 Å². The molecule has 0 heterocycles. The summed E-state index contributed by atoms with van der Waals surface area (Å²) in [5, 5.41) is 39.6.